The number of benzene rings is 2. The Morgan fingerprint density at radius 1 is 1.10 bits per heavy atom. The highest BCUT2D eigenvalue weighted by molar-refractivity contribution is 7.91. The van der Waals surface area contributed by atoms with Crippen LogP contribution in [0.3, 0.4) is 0 Å². The van der Waals surface area contributed by atoms with Gasteiger partial charge in [-0.1, -0.05) is 37.3 Å². The summed E-state index contributed by atoms with van der Waals surface area (Å²) in [6.07, 6.45) is 0. The second-order valence-electron chi connectivity index (χ2n) is 7.64. The van der Waals surface area contributed by atoms with Gasteiger partial charge in [0.05, 0.1) is 0 Å². The predicted octanol–water partition coefficient (Wildman–Crippen LogP) is 3.68. The SMILES string of the molecule is C[C@@H]1[C@H](c2ccccc2)[C@]1(NS(=O)(=O)c1ccc(-c2ccc3c(c2)OCO3)s1)C(=O)O. The molecular weight excluding hydrogens is 438 g/mol. The molecule has 2 aromatic carbocycles. The number of sulfonamides is 1. The van der Waals surface area contributed by atoms with Gasteiger partial charge in [0.2, 0.25) is 6.79 Å². The highest BCUT2D eigenvalue weighted by atomic mass is 32.2. The Morgan fingerprint density at radius 2 is 1.84 bits per heavy atom. The number of carboxylic acid groups (broad SMARTS) is 1. The first-order valence-corrected chi connectivity index (χ1v) is 11.9. The second-order valence-corrected chi connectivity index (χ2v) is 10.6. The zero-order valence-electron chi connectivity index (χ0n) is 16.4. The maximum atomic E-state index is 13.1. The number of nitrogens with one attached hydrogen (secondary N) is 1. The standard InChI is InChI=1S/C22H19NO6S2/c1-13-20(14-5-3-2-4-6-14)22(13,21(24)25)23-31(26,27)19-10-9-18(30-19)15-7-8-16-17(11-15)29-12-28-16/h2-11,13,20,23H,12H2,1H3,(H,24,25)/t13-,20-,22+/m1/s1. The van der Waals surface area contributed by atoms with E-state index in [0.29, 0.717) is 11.5 Å². The molecule has 1 aromatic heterocycles. The first kappa shape index (κ1) is 20.0. The molecule has 0 unspecified atom stereocenters. The monoisotopic (exact) mass is 457 g/mol. The van der Waals surface area contributed by atoms with Crippen LogP contribution in [-0.2, 0) is 14.8 Å². The van der Waals surface area contributed by atoms with E-state index in [0.717, 1.165) is 27.3 Å². The fourth-order valence-corrected chi connectivity index (χ4v) is 7.00. The van der Waals surface area contributed by atoms with Gasteiger partial charge in [0.25, 0.3) is 10.0 Å². The topological polar surface area (TPSA) is 102 Å². The van der Waals surface area contributed by atoms with E-state index < -0.39 is 27.4 Å². The Morgan fingerprint density at radius 3 is 2.58 bits per heavy atom. The first-order valence-electron chi connectivity index (χ1n) is 9.65. The van der Waals surface area contributed by atoms with Crippen molar-refractivity contribution in [3.8, 4) is 21.9 Å². The highest BCUT2D eigenvalue weighted by Gasteiger charge is 2.70. The lowest BCUT2D eigenvalue weighted by Crippen LogP contribution is -2.45. The van der Waals surface area contributed by atoms with Crippen molar-refractivity contribution in [2.45, 2.75) is 22.6 Å². The molecule has 5 rings (SSSR count). The van der Waals surface area contributed by atoms with Crippen LogP contribution in [0.5, 0.6) is 11.5 Å². The first-order chi connectivity index (χ1) is 14.8. The molecular formula is C22H19NO6S2. The largest absolute Gasteiger partial charge is 0.480 e. The third-order valence-corrected chi connectivity index (χ3v) is 9.03. The number of carbonyl (C=O) groups is 1. The Kier molecular flexibility index (Phi) is 4.58. The summed E-state index contributed by atoms with van der Waals surface area (Å²) in [6, 6.07) is 17.7. The van der Waals surface area contributed by atoms with Crippen molar-refractivity contribution in [2.24, 2.45) is 5.92 Å². The number of fused-ring (bicyclic) bond motifs is 1. The Bertz CT molecular complexity index is 1270. The van der Waals surface area contributed by atoms with Crippen LogP contribution in [0.1, 0.15) is 18.4 Å². The fourth-order valence-electron chi connectivity index (χ4n) is 4.24. The molecule has 0 bridgehead atoms. The molecule has 7 nitrogen and oxygen atoms in total. The van der Waals surface area contributed by atoms with E-state index in [1.807, 2.05) is 36.4 Å². The summed E-state index contributed by atoms with van der Waals surface area (Å²) in [5.74, 6) is -0.738. The zero-order valence-corrected chi connectivity index (χ0v) is 18.1. The van der Waals surface area contributed by atoms with E-state index in [9.17, 15) is 18.3 Å². The quantitative estimate of drug-likeness (QED) is 0.586. The van der Waals surface area contributed by atoms with Crippen LogP contribution in [-0.4, -0.2) is 31.8 Å². The van der Waals surface area contributed by atoms with Crippen LogP contribution >= 0.6 is 11.3 Å². The molecule has 31 heavy (non-hydrogen) atoms. The molecule has 1 saturated carbocycles. The maximum Gasteiger partial charge on any atom is 0.325 e. The van der Waals surface area contributed by atoms with E-state index in [2.05, 4.69) is 4.72 Å². The Labute approximate surface area is 183 Å². The summed E-state index contributed by atoms with van der Waals surface area (Å²) >= 11 is 1.08. The van der Waals surface area contributed by atoms with Crippen molar-refractivity contribution < 1.29 is 27.8 Å². The van der Waals surface area contributed by atoms with Crippen LogP contribution in [0.25, 0.3) is 10.4 Å². The molecule has 0 amide bonds. The summed E-state index contributed by atoms with van der Waals surface area (Å²) in [5, 5.41) is 9.94. The van der Waals surface area contributed by atoms with Crippen molar-refractivity contribution in [3.63, 3.8) is 0 Å². The van der Waals surface area contributed by atoms with Gasteiger partial charge in [-0.05, 0) is 47.4 Å². The van der Waals surface area contributed by atoms with Crippen LogP contribution in [0, 0.1) is 5.92 Å². The zero-order chi connectivity index (χ0) is 21.8. The highest BCUT2D eigenvalue weighted by Crippen LogP contribution is 2.58. The minimum absolute atomic E-state index is 0.0618. The van der Waals surface area contributed by atoms with Gasteiger partial charge in [-0.3, -0.25) is 4.79 Å². The number of carboxylic acids is 1. The molecule has 0 radical (unpaired) electrons. The molecule has 1 aliphatic carbocycles. The summed E-state index contributed by atoms with van der Waals surface area (Å²) in [7, 11) is -4.04. The summed E-state index contributed by atoms with van der Waals surface area (Å²) in [6.45, 7) is 1.91. The fraction of sp³-hybridized carbons (Fsp3) is 0.227. The number of thiophene rings is 1. The van der Waals surface area contributed by atoms with Crippen molar-refractivity contribution in [1.82, 2.24) is 4.72 Å². The number of ether oxygens (including phenoxy) is 2. The molecule has 2 aliphatic rings. The van der Waals surface area contributed by atoms with Gasteiger partial charge in [0.1, 0.15) is 9.75 Å². The third-order valence-electron chi connectivity index (χ3n) is 5.92. The van der Waals surface area contributed by atoms with Gasteiger partial charge in [0, 0.05) is 10.8 Å². The lowest BCUT2D eigenvalue weighted by Gasteiger charge is -2.15. The molecule has 2 N–H and O–H groups in total. The van der Waals surface area contributed by atoms with Gasteiger partial charge in [-0.15, -0.1) is 11.3 Å². The normalized spacial score (nSPS) is 24.2. The van der Waals surface area contributed by atoms with Crippen LogP contribution in [0.4, 0.5) is 0 Å². The summed E-state index contributed by atoms with van der Waals surface area (Å²) < 4.78 is 39.5. The molecule has 1 fully saturated rings. The average Bonchev–Trinajstić information content (AvgIpc) is 3.18. The van der Waals surface area contributed by atoms with Crippen molar-refractivity contribution in [2.75, 3.05) is 6.79 Å². The van der Waals surface area contributed by atoms with E-state index in [4.69, 9.17) is 9.47 Å². The molecule has 160 valence electrons. The van der Waals surface area contributed by atoms with E-state index in [1.54, 1.807) is 25.1 Å². The summed E-state index contributed by atoms with van der Waals surface area (Å²) in [4.78, 5) is 12.9. The average molecular weight is 458 g/mol. The van der Waals surface area contributed by atoms with E-state index in [1.165, 1.54) is 6.07 Å². The van der Waals surface area contributed by atoms with Gasteiger partial charge >= 0.3 is 5.97 Å². The van der Waals surface area contributed by atoms with Crippen molar-refractivity contribution >= 4 is 27.3 Å². The lowest BCUT2D eigenvalue weighted by atomic mass is 10.1. The molecule has 0 spiro atoms. The van der Waals surface area contributed by atoms with Gasteiger partial charge in [-0.2, -0.15) is 4.72 Å². The number of hydrogen-bond acceptors (Lipinski definition) is 6. The number of hydrogen-bond donors (Lipinski definition) is 2. The summed E-state index contributed by atoms with van der Waals surface area (Å²) in [5.41, 5.74) is 0.0289. The molecule has 3 aromatic rings. The van der Waals surface area contributed by atoms with Crippen LogP contribution < -0.4 is 14.2 Å². The molecule has 1 aliphatic heterocycles. The van der Waals surface area contributed by atoms with Gasteiger partial charge in [-0.25, -0.2) is 8.42 Å². The minimum Gasteiger partial charge on any atom is -0.480 e. The van der Waals surface area contributed by atoms with Gasteiger partial charge < -0.3 is 14.6 Å². The minimum atomic E-state index is -4.04. The number of rotatable bonds is 6. The second kappa shape index (κ2) is 7.08. The maximum absolute atomic E-state index is 13.1. The lowest BCUT2D eigenvalue weighted by molar-refractivity contribution is -0.140. The van der Waals surface area contributed by atoms with E-state index in [-0.39, 0.29) is 16.9 Å². The smallest absolute Gasteiger partial charge is 0.325 e. The Balaban J connectivity index is 1.44. The molecule has 9 heteroatoms. The predicted molar refractivity (Wildman–Crippen MR) is 115 cm³/mol. The van der Waals surface area contributed by atoms with Crippen LogP contribution in [0.15, 0.2) is 64.9 Å². The molecule has 2 heterocycles. The van der Waals surface area contributed by atoms with Crippen LogP contribution in [0.2, 0.25) is 0 Å². The van der Waals surface area contributed by atoms with Crippen molar-refractivity contribution in [1.29, 1.82) is 0 Å². The number of aliphatic carboxylic acids is 1. The molecule has 0 saturated heterocycles. The Hall–Kier alpha value is -2.88. The van der Waals surface area contributed by atoms with E-state index >= 15 is 0 Å². The molecule has 3 atom stereocenters. The third kappa shape index (κ3) is 3.20. The van der Waals surface area contributed by atoms with Gasteiger partial charge in [0.15, 0.2) is 11.5 Å². The van der Waals surface area contributed by atoms with Crippen molar-refractivity contribution in [3.05, 3.63) is 66.2 Å².